The van der Waals surface area contributed by atoms with Crippen LogP contribution in [0.1, 0.15) is 64.5 Å². The average Bonchev–Trinajstić information content (AvgIpc) is 2.82. The van der Waals surface area contributed by atoms with Gasteiger partial charge in [0, 0.05) is 58.6 Å². The molecule has 0 bridgehead atoms. The van der Waals surface area contributed by atoms with Gasteiger partial charge in [-0.3, -0.25) is 4.99 Å². The van der Waals surface area contributed by atoms with Gasteiger partial charge >= 0.3 is 0 Å². The normalized spacial score (nSPS) is 16.5. The Kier molecular flexibility index (Phi) is 14.4. The van der Waals surface area contributed by atoms with E-state index < -0.39 is 0 Å². The van der Waals surface area contributed by atoms with E-state index in [1.807, 2.05) is 7.05 Å². The molecule has 2 rings (SSSR count). The summed E-state index contributed by atoms with van der Waals surface area (Å²) >= 11 is 0. The number of benzene rings is 1. The number of ether oxygens (including phenoxy) is 2. The van der Waals surface area contributed by atoms with Crippen LogP contribution >= 0.6 is 24.0 Å². The summed E-state index contributed by atoms with van der Waals surface area (Å²) < 4.78 is 11.1. The van der Waals surface area contributed by atoms with Gasteiger partial charge in [-0.25, -0.2) is 0 Å². The number of hydrogen-bond acceptors (Lipinski definition) is 4. The number of nitrogens with zero attached hydrogens (tertiary/aromatic N) is 2. The summed E-state index contributed by atoms with van der Waals surface area (Å²) in [5.41, 5.74) is 1.35. The first-order valence-electron chi connectivity index (χ1n) is 12.0. The van der Waals surface area contributed by atoms with Gasteiger partial charge in [0.2, 0.25) is 0 Å². The Balaban J connectivity index is 0.00000512. The van der Waals surface area contributed by atoms with E-state index in [0.29, 0.717) is 12.1 Å². The van der Waals surface area contributed by atoms with Crippen molar-refractivity contribution in [2.45, 2.75) is 70.6 Å². The topological polar surface area (TPSA) is 58.1 Å². The maximum Gasteiger partial charge on any atom is 0.193 e. The van der Waals surface area contributed by atoms with Crippen molar-refractivity contribution in [1.82, 2.24) is 15.5 Å². The molecule has 1 atom stereocenters. The first-order valence-corrected chi connectivity index (χ1v) is 12.0. The lowest BCUT2D eigenvalue weighted by Gasteiger charge is -2.39. The fourth-order valence-corrected chi connectivity index (χ4v) is 4.31. The first kappa shape index (κ1) is 29.1. The molecule has 32 heavy (non-hydrogen) atoms. The average molecular weight is 561 g/mol. The summed E-state index contributed by atoms with van der Waals surface area (Å²) in [6, 6.07) is 11.0. The Morgan fingerprint density at radius 1 is 1.16 bits per heavy atom. The highest BCUT2D eigenvalue weighted by molar-refractivity contribution is 14.0. The highest BCUT2D eigenvalue weighted by Gasteiger charge is 2.29. The van der Waals surface area contributed by atoms with Gasteiger partial charge in [-0.15, -0.1) is 24.0 Å². The second kappa shape index (κ2) is 15.9. The van der Waals surface area contributed by atoms with E-state index in [1.54, 1.807) is 7.11 Å². The van der Waals surface area contributed by atoms with Gasteiger partial charge in [0.1, 0.15) is 0 Å². The third kappa shape index (κ3) is 9.15. The second-order valence-corrected chi connectivity index (χ2v) is 8.57. The van der Waals surface area contributed by atoms with E-state index in [-0.39, 0.29) is 29.5 Å². The molecule has 184 valence electrons. The minimum atomic E-state index is 0. The molecular formula is C25H45IN4O2. The van der Waals surface area contributed by atoms with Crippen molar-refractivity contribution >= 4 is 29.9 Å². The number of methoxy groups -OCH3 is 1. The van der Waals surface area contributed by atoms with Crippen LogP contribution in [-0.2, 0) is 9.47 Å². The molecule has 1 aromatic carbocycles. The zero-order chi connectivity index (χ0) is 22.5. The Hall–Kier alpha value is -0.900. The van der Waals surface area contributed by atoms with Crippen molar-refractivity contribution in [2.24, 2.45) is 4.99 Å². The fraction of sp³-hybridized carbons (Fsp3) is 0.720. The van der Waals surface area contributed by atoms with Gasteiger partial charge in [0.15, 0.2) is 5.96 Å². The SMILES string of the molecule is CCC(CC)(CNC(=NC)N1CCC(OCCCOC)CC1)NC(C)c1ccccc1.I. The highest BCUT2D eigenvalue weighted by atomic mass is 127. The number of piperidine rings is 1. The minimum Gasteiger partial charge on any atom is -0.385 e. The van der Waals surface area contributed by atoms with Crippen molar-refractivity contribution in [2.75, 3.05) is 47.0 Å². The second-order valence-electron chi connectivity index (χ2n) is 8.57. The summed E-state index contributed by atoms with van der Waals surface area (Å²) in [5.74, 6) is 0.998. The van der Waals surface area contributed by atoms with Gasteiger partial charge in [-0.1, -0.05) is 44.2 Å². The summed E-state index contributed by atoms with van der Waals surface area (Å²) in [4.78, 5) is 6.95. The van der Waals surface area contributed by atoms with E-state index >= 15 is 0 Å². The Morgan fingerprint density at radius 3 is 2.38 bits per heavy atom. The monoisotopic (exact) mass is 560 g/mol. The molecule has 1 heterocycles. The van der Waals surface area contributed by atoms with E-state index in [4.69, 9.17) is 9.47 Å². The molecule has 0 radical (unpaired) electrons. The molecule has 6 nitrogen and oxygen atoms in total. The van der Waals surface area contributed by atoms with E-state index in [1.165, 1.54) is 5.56 Å². The molecule has 1 aliphatic heterocycles. The summed E-state index contributed by atoms with van der Waals surface area (Å²) in [6.07, 6.45) is 5.52. The third-order valence-electron chi connectivity index (χ3n) is 6.56. The lowest BCUT2D eigenvalue weighted by Crippen LogP contribution is -2.56. The molecule has 1 aliphatic rings. The molecule has 7 heteroatoms. The molecule has 0 spiro atoms. The number of aliphatic imine (C=N–C) groups is 1. The molecule has 1 unspecified atom stereocenters. The molecule has 0 aliphatic carbocycles. The highest BCUT2D eigenvalue weighted by Crippen LogP contribution is 2.22. The number of likely N-dealkylation sites (tertiary alicyclic amines) is 1. The molecule has 0 amide bonds. The number of nitrogens with one attached hydrogen (secondary N) is 2. The van der Waals surface area contributed by atoms with Crippen molar-refractivity contribution < 1.29 is 9.47 Å². The van der Waals surface area contributed by atoms with Crippen LogP contribution in [0.3, 0.4) is 0 Å². The number of halogens is 1. The number of hydrogen-bond donors (Lipinski definition) is 2. The third-order valence-corrected chi connectivity index (χ3v) is 6.56. The molecular weight excluding hydrogens is 515 g/mol. The largest absolute Gasteiger partial charge is 0.385 e. The molecule has 1 aromatic rings. The van der Waals surface area contributed by atoms with Crippen molar-refractivity contribution in [3.63, 3.8) is 0 Å². The summed E-state index contributed by atoms with van der Waals surface area (Å²) in [6.45, 7) is 11.2. The van der Waals surface area contributed by atoms with Crippen LogP contribution in [0.15, 0.2) is 35.3 Å². The Morgan fingerprint density at radius 2 is 1.81 bits per heavy atom. The van der Waals surface area contributed by atoms with Crippen molar-refractivity contribution in [3.8, 4) is 0 Å². The molecule has 1 fully saturated rings. The zero-order valence-electron chi connectivity index (χ0n) is 20.7. The van der Waals surface area contributed by atoms with Gasteiger partial charge in [-0.2, -0.15) is 0 Å². The molecule has 2 N–H and O–H groups in total. The van der Waals surface area contributed by atoms with E-state index in [0.717, 1.165) is 70.9 Å². The first-order chi connectivity index (χ1) is 15.1. The Bertz CT molecular complexity index is 632. The van der Waals surface area contributed by atoms with Crippen LogP contribution in [0, 0.1) is 0 Å². The van der Waals surface area contributed by atoms with Crippen LogP contribution < -0.4 is 10.6 Å². The lowest BCUT2D eigenvalue weighted by atomic mass is 9.90. The number of rotatable bonds is 12. The predicted octanol–water partition coefficient (Wildman–Crippen LogP) is 4.61. The van der Waals surface area contributed by atoms with Gasteiger partial charge in [-0.05, 0) is 44.6 Å². The van der Waals surface area contributed by atoms with Gasteiger partial charge in [0.25, 0.3) is 0 Å². The molecule has 0 saturated carbocycles. The van der Waals surface area contributed by atoms with Crippen LogP contribution in [-0.4, -0.2) is 69.5 Å². The van der Waals surface area contributed by atoms with Crippen LogP contribution in [0.4, 0.5) is 0 Å². The van der Waals surface area contributed by atoms with E-state index in [9.17, 15) is 0 Å². The van der Waals surface area contributed by atoms with Crippen molar-refractivity contribution in [1.29, 1.82) is 0 Å². The van der Waals surface area contributed by atoms with Crippen LogP contribution in [0.5, 0.6) is 0 Å². The maximum atomic E-state index is 6.00. The summed E-state index contributed by atoms with van der Waals surface area (Å²) in [5, 5.41) is 7.57. The summed E-state index contributed by atoms with van der Waals surface area (Å²) in [7, 11) is 3.62. The maximum absolute atomic E-state index is 6.00. The smallest absolute Gasteiger partial charge is 0.193 e. The van der Waals surface area contributed by atoms with Crippen molar-refractivity contribution in [3.05, 3.63) is 35.9 Å². The standard InChI is InChI=1S/C25H44N4O2.HI/c1-6-25(7-2,28-21(3)22-12-9-8-10-13-22)20-27-24(26-4)29-16-14-23(15-17-29)31-19-11-18-30-5;/h8-10,12-13,21,23,28H,6-7,11,14-20H2,1-5H3,(H,26,27);1H. The lowest BCUT2D eigenvalue weighted by molar-refractivity contribution is 0.00984. The van der Waals surface area contributed by atoms with E-state index in [2.05, 4.69) is 71.6 Å². The number of guanidine groups is 1. The Labute approximate surface area is 212 Å². The quantitative estimate of drug-likeness (QED) is 0.169. The molecule has 1 saturated heterocycles. The zero-order valence-corrected chi connectivity index (χ0v) is 23.1. The van der Waals surface area contributed by atoms with Gasteiger partial charge < -0.3 is 25.0 Å². The minimum absolute atomic E-state index is 0. The van der Waals surface area contributed by atoms with Crippen LogP contribution in [0.25, 0.3) is 0 Å². The predicted molar refractivity (Wildman–Crippen MR) is 145 cm³/mol. The van der Waals surface area contributed by atoms with Gasteiger partial charge in [0.05, 0.1) is 6.10 Å². The molecule has 0 aromatic heterocycles. The fourth-order valence-electron chi connectivity index (χ4n) is 4.31. The van der Waals surface area contributed by atoms with Crippen LogP contribution in [0.2, 0.25) is 0 Å².